The van der Waals surface area contributed by atoms with E-state index in [1.165, 1.54) is 23.9 Å². The molecule has 1 aliphatic heterocycles. The topological polar surface area (TPSA) is 104 Å². The highest BCUT2D eigenvalue weighted by molar-refractivity contribution is 8.00. The third kappa shape index (κ3) is 5.37. The number of carbonyl (C=O) groups is 2. The second-order valence-electron chi connectivity index (χ2n) is 6.56. The van der Waals surface area contributed by atoms with E-state index in [1.807, 2.05) is 31.2 Å². The number of sulfone groups is 1. The van der Waals surface area contributed by atoms with Crippen LogP contribution in [0.1, 0.15) is 12.5 Å². The molecule has 2 aromatic carbocycles. The van der Waals surface area contributed by atoms with Gasteiger partial charge in [-0.1, -0.05) is 37.3 Å². The summed E-state index contributed by atoms with van der Waals surface area (Å²) in [5, 5.41) is 7.24. The minimum Gasteiger partial charge on any atom is -0.331 e. The smallest absolute Gasteiger partial charge is 0.241 e. The number of nitrogens with one attached hydrogen (secondary N) is 3. The molecule has 2 atom stereocenters. The number of hydrogen-bond donors (Lipinski definition) is 3. The number of anilines is 1. The molecule has 1 saturated heterocycles. The van der Waals surface area contributed by atoms with E-state index in [-0.39, 0.29) is 23.1 Å². The summed E-state index contributed by atoms with van der Waals surface area (Å²) in [6, 6.07) is 15.5. The Balaban J connectivity index is 1.52. The lowest BCUT2D eigenvalue weighted by Gasteiger charge is -2.29. The summed E-state index contributed by atoms with van der Waals surface area (Å²) in [4.78, 5) is 24.7. The molecule has 0 aromatic heterocycles. The van der Waals surface area contributed by atoms with E-state index >= 15 is 0 Å². The Bertz CT molecular complexity index is 980. The molecule has 0 bridgehead atoms. The van der Waals surface area contributed by atoms with Crippen LogP contribution in [-0.4, -0.2) is 43.3 Å². The van der Waals surface area contributed by atoms with Crippen LogP contribution in [0.25, 0.3) is 0 Å². The first-order valence-corrected chi connectivity index (χ1v) is 11.8. The number of rotatable bonds is 7. The number of benzene rings is 2. The minimum atomic E-state index is -3.78. The first-order chi connectivity index (χ1) is 13.9. The van der Waals surface area contributed by atoms with Gasteiger partial charge in [0.2, 0.25) is 11.8 Å². The van der Waals surface area contributed by atoms with Crippen molar-refractivity contribution in [3.8, 4) is 0 Å². The number of aryl methyl sites for hydroxylation is 1. The van der Waals surface area contributed by atoms with E-state index in [0.29, 0.717) is 0 Å². The zero-order valence-electron chi connectivity index (χ0n) is 15.9. The molecule has 7 nitrogen and oxygen atoms in total. The molecule has 2 aromatic rings. The van der Waals surface area contributed by atoms with Gasteiger partial charge in [0.1, 0.15) is 5.50 Å². The number of hydrogen-bond acceptors (Lipinski definition) is 6. The predicted octanol–water partition coefficient (Wildman–Crippen LogP) is 1.77. The van der Waals surface area contributed by atoms with Gasteiger partial charge in [0.05, 0.1) is 10.6 Å². The van der Waals surface area contributed by atoms with Crippen LogP contribution in [0, 0.1) is 0 Å². The van der Waals surface area contributed by atoms with Crippen molar-refractivity contribution in [1.29, 1.82) is 0 Å². The summed E-state index contributed by atoms with van der Waals surface area (Å²) in [7, 11) is -3.78. The fraction of sp³-hybridized carbons (Fsp3) is 0.300. The summed E-state index contributed by atoms with van der Waals surface area (Å²) in [5.74, 6) is -0.649. The van der Waals surface area contributed by atoms with E-state index < -0.39 is 26.5 Å². The van der Waals surface area contributed by atoms with Gasteiger partial charge in [-0.2, -0.15) is 0 Å². The van der Waals surface area contributed by atoms with Crippen molar-refractivity contribution < 1.29 is 18.0 Å². The van der Waals surface area contributed by atoms with E-state index in [0.717, 1.165) is 17.7 Å². The Morgan fingerprint density at radius 3 is 2.62 bits per heavy atom. The Morgan fingerprint density at radius 1 is 1.17 bits per heavy atom. The zero-order chi connectivity index (χ0) is 20.9. The summed E-state index contributed by atoms with van der Waals surface area (Å²) >= 11 is 1.20. The fourth-order valence-electron chi connectivity index (χ4n) is 2.93. The molecule has 2 unspecified atom stereocenters. The van der Waals surface area contributed by atoms with Crippen LogP contribution in [0.15, 0.2) is 59.5 Å². The lowest BCUT2D eigenvalue weighted by Crippen LogP contribution is -2.59. The average Bonchev–Trinajstić information content (AvgIpc) is 2.73. The SMILES string of the molecule is CCc1cccc(NC(=O)CSC2NCC(S(=O)(=O)c3ccccc3)C(=O)N2)c1. The molecule has 0 saturated carbocycles. The Kier molecular flexibility index (Phi) is 6.94. The van der Waals surface area contributed by atoms with Gasteiger partial charge in [0, 0.05) is 12.2 Å². The van der Waals surface area contributed by atoms with E-state index in [9.17, 15) is 18.0 Å². The van der Waals surface area contributed by atoms with Crippen LogP contribution < -0.4 is 16.0 Å². The highest BCUT2D eigenvalue weighted by Gasteiger charge is 2.38. The fourth-order valence-corrected chi connectivity index (χ4v) is 5.27. The first-order valence-electron chi connectivity index (χ1n) is 9.23. The van der Waals surface area contributed by atoms with Gasteiger partial charge < -0.3 is 10.6 Å². The number of amides is 2. The van der Waals surface area contributed by atoms with Gasteiger partial charge in [-0.25, -0.2) is 8.42 Å². The van der Waals surface area contributed by atoms with Crippen molar-refractivity contribution in [2.24, 2.45) is 0 Å². The van der Waals surface area contributed by atoms with Crippen molar-refractivity contribution in [3.05, 3.63) is 60.2 Å². The second-order valence-corrected chi connectivity index (χ2v) is 9.78. The monoisotopic (exact) mass is 433 g/mol. The largest absolute Gasteiger partial charge is 0.331 e. The van der Waals surface area contributed by atoms with E-state index in [2.05, 4.69) is 16.0 Å². The van der Waals surface area contributed by atoms with E-state index in [4.69, 9.17) is 0 Å². The maximum absolute atomic E-state index is 12.7. The third-order valence-corrected chi connectivity index (χ3v) is 7.61. The highest BCUT2D eigenvalue weighted by atomic mass is 32.2. The van der Waals surface area contributed by atoms with Crippen molar-refractivity contribution in [3.63, 3.8) is 0 Å². The van der Waals surface area contributed by atoms with Crippen LogP contribution in [0.5, 0.6) is 0 Å². The van der Waals surface area contributed by atoms with Gasteiger partial charge in [0.15, 0.2) is 15.1 Å². The molecule has 1 fully saturated rings. The Morgan fingerprint density at radius 2 is 1.93 bits per heavy atom. The summed E-state index contributed by atoms with van der Waals surface area (Å²) in [6.07, 6.45) is 0.879. The molecule has 0 spiro atoms. The molecule has 9 heteroatoms. The minimum absolute atomic E-state index is 0.0130. The summed E-state index contributed by atoms with van der Waals surface area (Å²) in [6.45, 7) is 2.03. The molecule has 3 N–H and O–H groups in total. The highest BCUT2D eigenvalue weighted by Crippen LogP contribution is 2.20. The molecule has 29 heavy (non-hydrogen) atoms. The van der Waals surface area contributed by atoms with Crippen molar-refractivity contribution in [2.75, 3.05) is 17.6 Å². The normalized spacial score (nSPS) is 19.4. The number of carbonyl (C=O) groups excluding carboxylic acids is 2. The molecular formula is C20H23N3O4S2. The zero-order valence-corrected chi connectivity index (χ0v) is 17.6. The molecule has 154 valence electrons. The van der Waals surface area contributed by atoms with Gasteiger partial charge >= 0.3 is 0 Å². The Hall–Kier alpha value is -2.36. The van der Waals surface area contributed by atoms with Gasteiger partial charge in [-0.3, -0.25) is 14.9 Å². The van der Waals surface area contributed by atoms with Crippen LogP contribution in [0.3, 0.4) is 0 Å². The number of thioether (sulfide) groups is 1. The van der Waals surface area contributed by atoms with Gasteiger partial charge in [-0.15, -0.1) is 11.8 Å². The maximum atomic E-state index is 12.7. The Labute approximate surface area is 174 Å². The van der Waals surface area contributed by atoms with E-state index in [1.54, 1.807) is 18.2 Å². The van der Waals surface area contributed by atoms with Crippen LogP contribution in [0.2, 0.25) is 0 Å². The van der Waals surface area contributed by atoms with Crippen LogP contribution in [-0.2, 0) is 25.8 Å². The molecule has 1 aliphatic rings. The quantitative estimate of drug-likeness (QED) is 0.615. The summed E-state index contributed by atoms with van der Waals surface area (Å²) in [5.41, 5.74) is 1.32. The summed E-state index contributed by atoms with van der Waals surface area (Å²) < 4.78 is 25.3. The van der Waals surface area contributed by atoms with Crippen molar-refractivity contribution in [1.82, 2.24) is 10.6 Å². The predicted molar refractivity (Wildman–Crippen MR) is 114 cm³/mol. The first kappa shape index (κ1) is 21.4. The standard InChI is InChI=1S/C20H23N3O4S2/c1-2-14-7-6-8-15(11-14)22-18(24)13-28-20-21-12-17(19(25)23-20)29(26,27)16-9-4-3-5-10-16/h3-11,17,20-21H,2,12-13H2,1H3,(H,22,24)(H,23,25). The van der Waals surface area contributed by atoms with Gasteiger partial charge in [-0.05, 0) is 36.2 Å². The molecular weight excluding hydrogens is 410 g/mol. The second kappa shape index (κ2) is 9.43. The maximum Gasteiger partial charge on any atom is 0.241 e. The molecule has 1 heterocycles. The third-order valence-electron chi connectivity index (χ3n) is 4.50. The lowest BCUT2D eigenvalue weighted by molar-refractivity contribution is -0.122. The molecule has 2 amide bonds. The van der Waals surface area contributed by atoms with Gasteiger partial charge in [0.25, 0.3) is 0 Å². The van der Waals surface area contributed by atoms with Crippen LogP contribution in [0.4, 0.5) is 5.69 Å². The average molecular weight is 434 g/mol. The molecule has 0 aliphatic carbocycles. The van der Waals surface area contributed by atoms with Crippen molar-refractivity contribution >= 4 is 39.1 Å². The van der Waals surface area contributed by atoms with Crippen LogP contribution >= 0.6 is 11.8 Å². The van der Waals surface area contributed by atoms with Crippen molar-refractivity contribution in [2.45, 2.75) is 29.0 Å². The molecule has 0 radical (unpaired) electrons. The lowest BCUT2D eigenvalue weighted by atomic mass is 10.1. The molecule has 3 rings (SSSR count).